The molecule has 1 N–H and O–H groups in total. The van der Waals surface area contributed by atoms with Gasteiger partial charge in [-0.1, -0.05) is 6.42 Å². The second-order valence-electron chi connectivity index (χ2n) is 3.35. The van der Waals surface area contributed by atoms with Gasteiger partial charge >= 0.3 is 0 Å². The summed E-state index contributed by atoms with van der Waals surface area (Å²) < 4.78 is 12.1. The van der Waals surface area contributed by atoms with Gasteiger partial charge in [-0.25, -0.2) is 4.39 Å². The summed E-state index contributed by atoms with van der Waals surface area (Å²) in [5, 5.41) is 2.62. The Morgan fingerprint density at radius 2 is 2.38 bits per heavy atom. The molecule has 1 rings (SSSR count). The summed E-state index contributed by atoms with van der Waals surface area (Å²) in [5.41, 5.74) is 0. The minimum atomic E-state index is -0.368. The molecule has 1 atom stereocenters. The van der Waals surface area contributed by atoms with E-state index < -0.39 is 0 Å². The summed E-state index contributed by atoms with van der Waals surface area (Å²) in [4.78, 5) is 13.3. The van der Waals surface area contributed by atoms with Crippen LogP contribution in [-0.4, -0.2) is 43.7 Å². The number of alkyl halides is 1. The number of piperidine rings is 1. The number of hydrogen-bond acceptors (Lipinski definition) is 2. The Hall–Kier alpha value is -0.640. The van der Waals surface area contributed by atoms with Crippen LogP contribution in [0.4, 0.5) is 4.39 Å². The van der Waals surface area contributed by atoms with Crippen molar-refractivity contribution in [3.8, 4) is 0 Å². The molecule has 1 amide bonds. The number of likely N-dealkylation sites (tertiary alicyclic amines) is 1. The molecule has 1 saturated heterocycles. The minimum Gasteiger partial charge on any atom is -0.358 e. The lowest BCUT2D eigenvalue weighted by Gasteiger charge is -2.33. The van der Waals surface area contributed by atoms with Crippen LogP contribution in [0.3, 0.4) is 0 Å². The molecule has 0 spiro atoms. The van der Waals surface area contributed by atoms with Crippen molar-refractivity contribution in [3.63, 3.8) is 0 Å². The van der Waals surface area contributed by atoms with Gasteiger partial charge in [0.15, 0.2) is 0 Å². The first kappa shape index (κ1) is 10.4. The number of likely N-dealkylation sites (N-methyl/N-ethyl adjacent to an activating group) is 1. The fourth-order valence-corrected chi connectivity index (χ4v) is 1.83. The molecule has 1 fully saturated rings. The molecular weight excluding hydrogens is 171 g/mol. The third-order valence-electron chi connectivity index (χ3n) is 2.53. The molecule has 4 heteroatoms. The topological polar surface area (TPSA) is 32.3 Å². The molecule has 1 aliphatic rings. The number of halogens is 1. The van der Waals surface area contributed by atoms with Gasteiger partial charge in [-0.2, -0.15) is 0 Å². The molecule has 0 saturated carbocycles. The standard InChI is InChI=1S/C9H17FN2O/c1-11-9(13)8-4-2-3-6-12(8)7-5-10/h8H,2-7H2,1H3,(H,11,13). The molecule has 0 bridgehead atoms. The van der Waals surface area contributed by atoms with Crippen LogP contribution >= 0.6 is 0 Å². The van der Waals surface area contributed by atoms with Crippen LogP contribution in [0.5, 0.6) is 0 Å². The summed E-state index contributed by atoms with van der Waals surface area (Å²) >= 11 is 0. The van der Waals surface area contributed by atoms with Crippen molar-refractivity contribution in [2.45, 2.75) is 25.3 Å². The van der Waals surface area contributed by atoms with Crippen LogP contribution in [0.25, 0.3) is 0 Å². The first-order valence-electron chi connectivity index (χ1n) is 4.81. The quantitative estimate of drug-likeness (QED) is 0.701. The van der Waals surface area contributed by atoms with Gasteiger partial charge in [-0.3, -0.25) is 9.69 Å². The van der Waals surface area contributed by atoms with E-state index in [1.807, 2.05) is 4.90 Å². The fourth-order valence-electron chi connectivity index (χ4n) is 1.83. The highest BCUT2D eigenvalue weighted by Gasteiger charge is 2.27. The minimum absolute atomic E-state index is 0.0214. The SMILES string of the molecule is CNC(=O)C1CCCCN1CCF. The van der Waals surface area contributed by atoms with Crippen LogP contribution in [-0.2, 0) is 4.79 Å². The summed E-state index contributed by atoms with van der Waals surface area (Å²) in [5.74, 6) is 0.0214. The highest BCUT2D eigenvalue weighted by molar-refractivity contribution is 5.81. The molecule has 3 nitrogen and oxygen atoms in total. The van der Waals surface area contributed by atoms with Crippen LogP contribution in [0.2, 0.25) is 0 Å². The van der Waals surface area contributed by atoms with Crippen molar-refractivity contribution < 1.29 is 9.18 Å². The zero-order valence-corrected chi connectivity index (χ0v) is 8.05. The lowest BCUT2D eigenvalue weighted by molar-refractivity contribution is -0.127. The Bertz CT molecular complexity index is 173. The van der Waals surface area contributed by atoms with Crippen LogP contribution < -0.4 is 5.32 Å². The second kappa shape index (κ2) is 5.17. The molecular formula is C9H17FN2O. The molecule has 13 heavy (non-hydrogen) atoms. The van der Waals surface area contributed by atoms with Crippen molar-refractivity contribution in [3.05, 3.63) is 0 Å². The van der Waals surface area contributed by atoms with Gasteiger partial charge in [-0.05, 0) is 19.4 Å². The number of nitrogens with one attached hydrogen (secondary N) is 1. The van der Waals surface area contributed by atoms with Gasteiger partial charge in [0.1, 0.15) is 6.67 Å². The molecule has 1 unspecified atom stereocenters. The average Bonchev–Trinajstić information content (AvgIpc) is 2.18. The molecule has 76 valence electrons. The number of amides is 1. The fraction of sp³-hybridized carbons (Fsp3) is 0.889. The maximum absolute atomic E-state index is 12.1. The first-order chi connectivity index (χ1) is 6.29. The van der Waals surface area contributed by atoms with E-state index in [-0.39, 0.29) is 18.6 Å². The van der Waals surface area contributed by atoms with Gasteiger partial charge in [0, 0.05) is 13.6 Å². The lowest BCUT2D eigenvalue weighted by atomic mass is 10.0. The Morgan fingerprint density at radius 1 is 1.62 bits per heavy atom. The lowest BCUT2D eigenvalue weighted by Crippen LogP contribution is -2.49. The third kappa shape index (κ3) is 2.66. The van der Waals surface area contributed by atoms with E-state index >= 15 is 0 Å². The maximum Gasteiger partial charge on any atom is 0.237 e. The number of rotatable bonds is 3. The van der Waals surface area contributed by atoms with Gasteiger partial charge in [-0.15, -0.1) is 0 Å². The Balaban J connectivity index is 2.50. The van der Waals surface area contributed by atoms with E-state index in [4.69, 9.17) is 0 Å². The monoisotopic (exact) mass is 188 g/mol. The van der Waals surface area contributed by atoms with Gasteiger partial charge < -0.3 is 5.32 Å². The predicted molar refractivity (Wildman–Crippen MR) is 49.3 cm³/mol. The zero-order chi connectivity index (χ0) is 9.68. The summed E-state index contributed by atoms with van der Waals surface area (Å²) in [6.07, 6.45) is 3.01. The van der Waals surface area contributed by atoms with E-state index in [1.54, 1.807) is 7.05 Å². The normalized spacial score (nSPS) is 24.3. The van der Waals surface area contributed by atoms with E-state index in [0.29, 0.717) is 6.54 Å². The van der Waals surface area contributed by atoms with Gasteiger partial charge in [0.25, 0.3) is 0 Å². The van der Waals surface area contributed by atoms with Gasteiger partial charge in [0.2, 0.25) is 5.91 Å². The van der Waals surface area contributed by atoms with Crippen molar-refractivity contribution in [1.82, 2.24) is 10.2 Å². The maximum atomic E-state index is 12.1. The Morgan fingerprint density at radius 3 is 3.00 bits per heavy atom. The zero-order valence-electron chi connectivity index (χ0n) is 8.05. The Kier molecular flexibility index (Phi) is 4.15. The van der Waals surface area contributed by atoms with E-state index in [2.05, 4.69) is 5.32 Å². The largest absolute Gasteiger partial charge is 0.358 e. The van der Waals surface area contributed by atoms with Crippen molar-refractivity contribution >= 4 is 5.91 Å². The van der Waals surface area contributed by atoms with Crippen LogP contribution in [0.15, 0.2) is 0 Å². The smallest absolute Gasteiger partial charge is 0.237 e. The summed E-state index contributed by atoms with van der Waals surface area (Å²) in [7, 11) is 1.63. The van der Waals surface area contributed by atoms with Gasteiger partial charge in [0.05, 0.1) is 6.04 Å². The highest BCUT2D eigenvalue weighted by atomic mass is 19.1. The van der Waals surface area contributed by atoms with Crippen LogP contribution in [0.1, 0.15) is 19.3 Å². The molecule has 1 aliphatic heterocycles. The third-order valence-corrected chi connectivity index (χ3v) is 2.53. The summed E-state index contributed by atoms with van der Waals surface area (Å²) in [6, 6.07) is -0.102. The molecule has 0 aliphatic carbocycles. The molecule has 0 radical (unpaired) electrons. The molecule has 0 aromatic heterocycles. The molecule has 0 aromatic rings. The predicted octanol–water partition coefficient (Wildman–Crippen LogP) is 0.556. The molecule has 1 heterocycles. The number of carbonyl (C=O) groups excluding carboxylic acids is 1. The van der Waals surface area contributed by atoms with E-state index in [1.165, 1.54) is 0 Å². The van der Waals surface area contributed by atoms with Crippen molar-refractivity contribution in [2.24, 2.45) is 0 Å². The first-order valence-corrected chi connectivity index (χ1v) is 4.81. The van der Waals surface area contributed by atoms with Crippen molar-refractivity contribution in [2.75, 3.05) is 26.8 Å². The van der Waals surface area contributed by atoms with Crippen LogP contribution in [0, 0.1) is 0 Å². The number of hydrogen-bond donors (Lipinski definition) is 1. The average molecular weight is 188 g/mol. The highest BCUT2D eigenvalue weighted by Crippen LogP contribution is 2.16. The van der Waals surface area contributed by atoms with E-state index in [0.717, 1.165) is 25.8 Å². The second-order valence-corrected chi connectivity index (χ2v) is 3.35. The summed E-state index contributed by atoms with van der Waals surface area (Å²) in [6.45, 7) is 0.869. The van der Waals surface area contributed by atoms with E-state index in [9.17, 15) is 9.18 Å². The molecule has 0 aromatic carbocycles. The number of carbonyl (C=O) groups is 1. The van der Waals surface area contributed by atoms with Crippen molar-refractivity contribution in [1.29, 1.82) is 0 Å². The Labute approximate surface area is 78.3 Å². The number of nitrogens with zero attached hydrogens (tertiary/aromatic N) is 1.